The number of amides is 3. The van der Waals surface area contributed by atoms with Crippen LogP contribution in [0.3, 0.4) is 0 Å². The van der Waals surface area contributed by atoms with Crippen molar-refractivity contribution in [2.24, 2.45) is 17.2 Å². The standard InChI is InChI=1S/2C22H26N4O.C19H20N4O/c1-15(2)25-10-12-26(13-11-25)18-8-6-16(7-9-18)20-14-17-4-3-5-19(22(23)27)21(17)24-20;1-2-10-25-11-13-26(14-12-25)18-8-6-16(7-9-18)20-15-17-4-3-5-19(22(23)27)21(17)24-20;20-19(24)16-3-1-2-14-12-17(22-18(14)16)13-4-6-15(7-5-13)23-10-8-21-9-11-23/h3-9,14-15,24H,10-13H2,1-2H3,(H2,23,27);3-9,15,24H,2,10-14H2,1H3,(H2,23,27);1-7,12,21-22H,8-11H2,(H2,20,24). The molecule has 0 atom stereocenters. The number of aromatic nitrogens is 3. The van der Waals surface area contributed by atoms with Crippen molar-refractivity contribution < 1.29 is 14.4 Å². The molecule has 0 radical (unpaired) electrons. The highest BCUT2D eigenvalue weighted by Crippen LogP contribution is 2.32. The Morgan fingerprint density at radius 1 is 0.449 bits per heavy atom. The number of hydrogen-bond donors (Lipinski definition) is 7. The second-order valence-corrected chi connectivity index (χ2v) is 20.8. The van der Waals surface area contributed by atoms with E-state index in [0.29, 0.717) is 22.7 Å². The predicted octanol–water partition coefficient (Wildman–Crippen LogP) is 9.27. The van der Waals surface area contributed by atoms with E-state index < -0.39 is 17.7 Å². The summed E-state index contributed by atoms with van der Waals surface area (Å²) in [6.07, 6.45) is 1.22. The molecular weight excluding hydrogens is 973 g/mol. The van der Waals surface area contributed by atoms with Gasteiger partial charge in [-0.1, -0.05) is 79.7 Å². The maximum Gasteiger partial charge on any atom is 0.250 e. The molecule has 12 rings (SSSR count). The molecule has 3 aromatic heterocycles. The molecule has 0 saturated carbocycles. The molecule has 3 amide bonds. The maximum absolute atomic E-state index is 11.6. The Balaban J connectivity index is 0.000000133. The van der Waals surface area contributed by atoms with Crippen LogP contribution in [0.2, 0.25) is 0 Å². The summed E-state index contributed by atoms with van der Waals surface area (Å²) in [6, 6.07) is 49.4. The van der Waals surface area contributed by atoms with E-state index in [-0.39, 0.29) is 0 Å². The third-order valence-corrected chi connectivity index (χ3v) is 15.5. The first-order valence-corrected chi connectivity index (χ1v) is 27.4. The Morgan fingerprint density at radius 2 is 0.782 bits per heavy atom. The highest BCUT2D eigenvalue weighted by atomic mass is 16.2. The number of para-hydroxylation sites is 3. The van der Waals surface area contributed by atoms with Gasteiger partial charge in [0.15, 0.2) is 0 Å². The first-order valence-electron chi connectivity index (χ1n) is 27.4. The number of anilines is 3. The average molecular weight is 1050 g/mol. The number of aromatic amines is 3. The van der Waals surface area contributed by atoms with Gasteiger partial charge >= 0.3 is 0 Å². The van der Waals surface area contributed by atoms with Gasteiger partial charge in [-0.3, -0.25) is 24.2 Å². The van der Waals surface area contributed by atoms with Gasteiger partial charge in [-0.25, -0.2) is 0 Å². The summed E-state index contributed by atoms with van der Waals surface area (Å²) < 4.78 is 0. The normalized spacial score (nSPS) is 15.3. The molecule has 0 unspecified atom stereocenters. The van der Waals surface area contributed by atoms with Crippen LogP contribution in [0, 0.1) is 0 Å². The van der Waals surface area contributed by atoms with E-state index in [1.54, 1.807) is 18.2 Å². The molecule has 15 heteroatoms. The van der Waals surface area contributed by atoms with E-state index in [0.717, 1.165) is 145 Å². The van der Waals surface area contributed by atoms with Crippen LogP contribution in [-0.2, 0) is 0 Å². The van der Waals surface area contributed by atoms with Gasteiger partial charge in [-0.05, 0) is 116 Å². The van der Waals surface area contributed by atoms with Gasteiger partial charge < -0.3 is 52.2 Å². The maximum atomic E-state index is 11.6. The number of piperazine rings is 3. The minimum absolute atomic E-state index is 0.411. The molecule has 3 fully saturated rings. The van der Waals surface area contributed by atoms with Crippen molar-refractivity contribution in [2.75, 3.05) is 99.8 Å². The van der Waals surface area contributed by atoms with Gasteiger partial charge in [-0.15, -0.1) is 0 Å². The summed E-state index contributed by atoms with van der Waals surface area (Å²) in [4.78, 5) is 57.2. The van der Waals surface area contributed by atoms with Gasteiger partial charge in [0.2, 0.25) is 0 Å². The minimum Gasteiger partial charge on any atom is -0.369 e. The second kappa shape index (κ2) is 23.9. The SMILES string of the molecule is CC(C)N1CCN(c2ccc(-c3cc4cccc(C(N)=O)c4[nH]3)cc2)CC1.CCCN1CCN(c2ccc(-c3cc4cccc(C(N)=O)c4[nH]3)cc2)CC1.NC(=O)c1cccc2cc(-c3ccc(N4CCNCC4)cc3)[nH]c12. The van der Waals surface area contributed by atoms with Crippen molar-refractivity contribution >= 4 is 67.5 Å². The summed E-state index contributed by atoms with van der Waals surface area (Å²) >= 11 is 0. The lowest BCUT2D eigenvalue weighted by atomic mass is 10.1. The number of H-pyrrole nitrogens is 3. The number of carbonyl (C=O) groups is 3. The van der Waals surface area contributed by atoms with E-state index in [4.69, 9.17) is 17.2 Å². The Morgan fingerprint density at radius 3 is 1.10 bits per heavy atom. The van der Waals surface area contributed by atoms with Crippen LogP contribution in [0.25, 0.3) is 66.5 Å². The monoisotopic (exact) mass is 1040 g/mol. The summed E-state index contributed by atoms with van der Waals surface area (Å²) in [6.45, 7) is 20.8. The van der Waals surface area contributed by atoms with Crippen molar-refractivity contribution in [3.8, 4) is 33.8 Å². The molecule has 0 spiro atoms. The van der Waals surface area contributed by atoms with Crippen LogP contribution in [0.15, 0.2) is 146 Å². The van der Waals surface area contributed by atoms with Gasteiger partial charge in [0.1, 0.15) is 0 Å². The smallest absolute Gasteiger partial charge is 0.250 e. The minimum atomic E-state index is -0.414. The van der Waals surface area contributed by atoms with E-state index >= 15 is 0 Å². The van der Waals surface area contributed by atoms with Crippen LogP contribution in [0.5, 0.6) is 0 Å². The van der Waals surface area contributed by atoms with E-state index in [1.165, 1.54) is 30.0 Å². The number of fused-ring (bicyclic) bond motifs is 3. The van der Waals surface area contributed by atoms with Gasteiger partial charge in [0.05, 0.1) is 33.2 Å². The highest BCUT2D eigenvalue weighted by Gasteiger charge is 2.21. The second-order valence-electron chi connectivity index (χ2n) is 20.8. The molecule has 6 heterocycles. The first-order chi connectivity index (χ1) is 37.9. The Hall–Kier alpha value is -8.37. The Bertz CT molecular complexity index is 3500. The topological polar surface area (TPSA) is 205 Å². The molecule has 3 saturated heterocycles. The molecule has 6 aromatic carbocycles. The van der Waals surface area contributed by atoms with Crippen LogP contribution < -0.4 is 37.2 Å². The number of rotatable bonds is 12. The molecule has 0 bridgehead atoms. The zero-order valence-corrected chi connectivity index (χ0v) is 45.0. The number of nitrogens with zero attached hydrogens (tertiary/aromatic N) is 5. The molecule has 402 valence electrons. The Kier molecular flexibility index (Phi) is 16.2. The van der Waals surface area contributed by atoms with Gasteiger partial charge in [-0.2, -0.15) is 0 Å². The number of hydrogen-bond acceptors (Lipinski definition) is 9. The third-order valence-electron chi connectivity index (χ3n) is 15.5. The quantitative estimate of drug-likeness (QED) is 0.0622. The molecule has 10 N–H and O–H groups in total. The van der Waals surface area contributed by atoms with Crippen LogP contribution in [0.4, 0.5) is 17.1 Å². The summed E-state index contributed by atoms with van der Waals surface area (Å²) in [5, 5.41) is 6.35. The lowest BCUT2D eigenvalue weighted by molar-refractivity contribution is 0.0993. The summed E-state index contributed by atoms with van der Waals surface area (Å²) in [5.74, 6) is -1.24. The molecule has 0 aliphatic carbocycles. The van der Waals surface area contributed by atoms with Crippen LogP contribution >= 0.6 is 0 Å². The largest absolute Gasteiger partial charge is 0.369 e. The van der Waals surface area contributed by atoms with Crippen molar-refractivity contribution in [2.45, 2.75) is 33.2 Å². The number of nitrogens with one attached hydrogen (secondary N) is 4. The summed E-state index contributed by atoms with van der Waals surface area (Å²) in [7, 11) is 0. The lowest BCUT2D eigenvalue weighted by Gasteiger charge is -2.38. The number of primary amides is 3. The highest BCUT2D eigenvalue weighted by molar-refractivity contribution is 6.08. The van der Waals surface area contributed by atoms with Crippen molar-refractivity contribution in [3.63, 3.8) is 0 Å². The zero-order chi connectivity index (χ0) is 54.3. The fraction of sp³-hybridized carbons (Fsp3) is 0.286. The van der Waals surface area contributed by atoms with Crippen molar-refractivity contribution in [3.05, 3.63) is 162 Å². The van der Waals surface area contributed by atoms with Gasteiger partial charge in [0.25, 0.3) is 17.7 Å². The van der Waals surface area contributed by atoms with Crippen molar-refractivity contribution in [1.82, 2.24) is 30.1 Å². The fourth-order valence-electron chi connectivity index (χ4n) is 11.1. The molecule has 3 aliphatic heterocycles. The first kappa shape index (κ1) is 53.0. The molecule has 15 nitrogen and oxygen atoms in total. The summed E-state index contributed by atoms with van der Waals surface area (Å²) in [5.41, 5.74) is 30.5. The molecule has 9 aromatic rings. The number of benzene rings is 6. The third kappa shape index (κ3) is 11.9. The van der Waals surface area contributed by atoms with Crippen LogP contribution in [0.1, 0.15) is 58.3 Å². The van der Waals surface area contributed by atoms with Crippen molar-refractivity contribution in [1.29, 1.82) is 0 Å². The fourth-order valence-corrected chi connectivity index (χ4v) is 11.1. The molecular formula is C63H72N12O3. The molecule has 3 aliphatic rings. The lowest BCUT2D eigenvalue weighted by Crippen LogP contribution is -2.48. The molecule has 78 heavy (non-hydrogen) atoms. The predicted molar refractivity (Wildman–Crippen MR) is 320 cm³/mol. The van der Waals surface area contributed by atoms with E-state index in [2.05, 4.69) is 157 Å². The van der Waals surface area contributed by atoms with Crippen LogP contribution in [-0.4, -0.2) is 134 Å². The Labute approximate surface area is 456 Å². The average Bonchev–Trinajstić information content (AvgIpc) is 4.27. The number of nitrogens with two attached hydrogens (primary N) is 3. The van der Waals surface area contributed by atoms with E-state index in [1.807, 2.05) is 36.4 Å². The van der Waals surface area contributed by atoms with E-state index in [9.17, 15) is 14.4 Å². The zero-order valence-electron chi connectivity index (χ0n) is 45.0. The number of carbonyl (C=O) groups excluding carboxylic acids is 3. The van der Waals surface area contributed by atoms with Gasteiger partial charge in [0, 0.05) is 135 Å².